The van der Waals surface area contributed by atoms with Gasteiger partial charge in [-0.25, -0.2) is 0 Å². The van der Waals surface area contributed by atoms with E-state index in [4.69, 9.17) is 10.2 Å². The zero-order chi connectivity index (χ0) is 7.28. The van der Waals surface area contributed by atoms with Crippen molar-refractivity contribution in [3.63, 3.8) is 0 Å². The summed E-state index contributed by atoms with van der Waals surface area (Å²) in [7, 11) is 0. The van der Waals surface area contributed by atoms with Crippen LogP contribution in [0.2, 0.25) is 0 Å². The molecule has 0 aromatic rings. The van der Waals surface area contributed by atoms with Gasteiger partial charge in [0.25, 0.3) is 0 Å². The zero-order valence-corrected chi connectivity index (χ0v) is 5.91. The van der Waals surface area contributed by atoms with Crippen LogP contribution in [0.1, 0.15) is 13.8 Å². The van der Waals surface area contributed by atoms with Crippen LogP contribution in [0.5, 0.6) is 0 Å². The third-order valence-corrected chi connectivity index (χ3v) is 1.26. The van der Waals surface area contributed by atoms with Gasteiger partial charge in [-0.05, 0) is 6.92 Å². The maximum Gasteiger partial charge on any atom is 0.0768 e. The maximum absolute atomic E-state index is 9.07. The second-order valence-electron chi connectivity index (χ2n) is 2.18. The molecule has 0 heterocycles. The molecule has 0 spiro atoms. The van der Waals surface area contributed by atoms with Crippen molar-refractivity contribution >= 4 is 0 Å². The Kier molecular flexibility index (Phi) is 4.36. The lowest BCUT2D eigenvalue weighted by Crippen LogP contribution is -2.17. The Balaban J connectivity index is 3.58. The van der Waals surface area contributed by atoms with Gasteiger partial charge in [-0.1, -0.05) is 19.1 Å². The smallest absolute Gasteiger partial charge is 0.0768 e. The molecule has 2 unspecified atom stereocenters. The molecule has 0 aromatic heterocycles. The molecular weight excluding hydrogens is 116 g/mol. The predicted octanol–water partition coefficient (Wildman–Crippen LogP) is 0.552. The fourth-order valence-electron chi connectivity index (χ4n) is 0.495. The lowest BCUT2D eigenvalue weighted by molar-refractivity contribution is 0.111. The van der Waals surface area contributed by atoms with E-state index in [1.807, 2.05) is 6.92 Å². The summed E-state index contributed by atoms with van der Waals surface area (Å²) in [6, 6.07) is 0. The minimum absolute atomic E-state index is 0.0332. The summed E-state index contributed by atoms with van der Waals surface area (Å²) in [4.78, 5) is 0. The third kappa shape index (κ3) is 3.27. The van der Waals surface area contributed by atoms with Gasteiger partial charge >= 0.3 is 0 Å². The summed E-state index contributed by atoms with van der Waals surface area (Å²) >= 11 is 0. The number of aliphatic hydroxyl groups is 2. The molecule has 9 heavy (non-hydrogen) atoms. The fourth-order valence-corrected chi connectivity index (χ4v) is 0.495. The van der Waals surface area contributed by atoms with Crippen LogP contribution in [0.3, 0.4) is 0 Å². The van der Waals surface area contributed by atoms with E-state index in [0.29, 0.717) is 0 Å². The monoisotopic (exact) mass is 130 g/mol. The Hall–Kier alpha value is -0.340. The van der Waals surface area contributed by atoms with Gasteiger partial charge < -0.3 is 10.2 Å². The SMILES string of the molecule is C/C=C/C(O)C(C)CO. The van der Waals surface area contributed by atoms with Crippen LogP contribution in [-0.2, 0) is 0 Å². The zero-order valence-electron chi connectivity index (χ0n) is 5.91. The Labute approximate surface area is 55.8 Å². The summed E-state index contributed by atoms with van der Waals surface area (Å²) in [6.45, 7) is 3.67. The minimum Gasteiger partial charge on any atom is -0.396 e. The van der Waals surface area contributed by atoms with Gasteiger partial charge in [0.05, 0.1) is 6.10 Å². The summed E-state index contributed by atoms with van der Waals surface area (Å²) in [5.41, 5.74) is 0. The molecule has 0 bridgehead atoms. The number of rotatable bonds is 3. The van der Waals surface area contributed by atoms with Gasteiger partial charge in [-0.2, -0.15) is 0 Å². The summed E-state index contributed by atoms with van der Waals surface area (Å²) in [5.74, 6) is -0.0544. The fraction of sp³-hybridized carbons (Fsp3) is 0.714. The molecule has 0 aliphatic carbocycles. The van der Waals surface area contributed by atoms with Crippen LogP contribution in [0.25, 0.3) is 0 Å². The van der Waals surface area contributed by atoms with Gasteiger partial charge in [-0.3, -0.25) is 0 Å². The summed E-state index contributed by atoms with van der Waals surface area (Å²) in [6.07, 6.45) is 2.94. The molecule has 0 aliphatic heterocycles. The van der Waals surface area contributed by atoms with Crippen LogP contribution in [0.4, 0.5) is 0 Å². The Bertz CT molecular complexity index is 88.9. The molecule has 0 saturated heterocycles. The second kappa shape index (κ2) is 4.53. The topological polar surface area (TPSA) is 40.5 Å². The molecule has 0 amide bonds. The van der Waals surface area contributed by atoms with Crippen LogP contribution in [0.15, 0.2) is 12.2 Å². The molecule has 0 rings (SSSR count). The molecule has 54 valence electrons. The molecule has 0 fully saturated rings. The predicted molar refractivity (Wildman–Crippen MR) is 37.1 cm³/mol. The highest BCUT2D eigenvalue weighted by molar-refractivity contribution is 4.87. The van der Waals surface area contributed by atoms with Crippen molar-refractivity contribution in [2.75, 3.05) is 6.61 Å². The van der Waals surface area contributed by atoms with Crippen molar-refractivity contribution in [3.05, 3.63) is 12.2 Å². The summed E-state index contributed by atoms with van der Waals surface area (Å²) in [5, 5.41) is 17.6. The molecular formula is C7H14O2. The van der Waals surface area contributed by atoms with Gasteiger partial charge in [0.1, 0.15) is 0 Å². The lowest BCUT2D eigenvalue weighted by atomic mass is 10.1. The first-order valence-corrected chi connectivity index (χ1v) is 3.14. The van der Waals surface area contributed by atoms with E-state index in [9.17, 15) is 0 Å². The van der Waals surface area contributed by atoms with Crippen molar-refractivity contribution < 1.29 is 10.2 Å². The minimum atomic E-state index is -0.500. The average molecular weight is 130 g/mol. The highest BCUT2D eigenvalue weighted by atomic mass is 16.3. The normalized spacial score (nSPS) is 18.2. The van der Waals surface area contributed by atoms with Gasteiger partial charge in [0, 0.05) is 12.5 Å². The van der Waals surface area contributed by atoms with Crippen molar-refractivity contribution in [1.82, 2.24) is 0 Å². The molecule has 2 nitrogen and oxygen atoms in total. The Morgan fingerprint density at radius 3 is 2.44 bits per heavy atom. The molecule has 0 saturated carbocycles. The second-order valence-corrected chi connectivity index (χ2v) is 2.18. The van der Waals surface area contributed by atoms with E-state index in [-0.39, 0.29) is 12.5 Å². The van der Waals surface area contributed by atoms with Crippen molar-refractivity contribution in [3.8, 4) is 0 Å². The Morgan fingerprint density at radius 1 is 1.56 bits per heavy atom. The van der Waals surface area contributed by atoms with Crippen molar-refractivity contribution in [2.24, 2.45) is 5.92 Å². The summed E-state index contributed by atoms with van der Waals surface area (Å²) < 4.78 is 0. The molecule has 0 radical (unpaired) electrons. The molecule has 0 aliphatic rings. The van der Waals surface area contributed by atoms with Crippen LogP contribution < -0.4 is 0 Å². The van der Waals surface area contributed by atoms with E-state index in [0.717, 1.165) is 0 Å². The first-order valence-electron chi connectivity index (χ1n) is 3.14. The van der Waals surface area contributed by atoms with Gasteiger partial charge in [-0.15, -0.1) is 0 Å². The first-order chi connectivity index (χ1) is 4.22. The van der Waals surface area contributed by atoms with E-state index >= 15 is 0 Å². The highest BCUT2D eigenvalue weighted by Gasteiger charge is 2.07. The molecule has 0 aromatic carbocycles. The van der Waals surface area contributed by atoms with E-state index in [2.05, 4.69) is 0 Å². The third-order valence-electron chi connectivity index (χ3n) is 1.26. The Morgan fingerprint density at radius 2 is 2.11 bits per heavy atom. The number of allylic oxidation sites excluding steroid dienone is 1. The largest absolute Gasteiger partial charge is 0.396 e. The van der Waals surface area contributed by atoms with Crippen LogP contribution in [-0.4, -0.2) is 22.9 Å². The number of hydrogen-bond donors (Lipinski definition) is 2. The van der Waals surface area contributed by atoms with Crippen LogP contribution >= 0.6 is 0 Å². The van der Waals surface area contributed by atoms with Crippen LogP contribution in [0, 0.1) is 5.92 Å². The molecule has 2 N–H and O–H groups in total. The number of aliphatic hydroxyl groups excluding tert-OH is 2. The quantitative estimate of drug-likeness (QED) is 0.548. The lowest BCUT2D eigenvalue weighted by Gasteiger charge is -2.10. The van der Waals surface area contributed by atoms with E-state index in [1.165, 1.54) is 0 Å². The maximum atomic E-state index is 9.07. The molecule has 2 heteroatoms. The van der Waals surface area contributed by atoms with Crippen molar-refractivity contribution in [1.29, 1.82) is 0 Å². The van der Waals surface area contributed by atoms with E-state index < -0.39 is 6.10 Å². The number of hydrogen-bond acceptors (Lipinski definition) is 2. The van der Waals surface area contributed by atoms with Gasteiger partial charge in [0.15, 0.2) is 0 Å². The van der Waals surface area contributed by atoms with E-state index in [1.54, 1.807) is 19.1 Å². The standard InChI is InChI=1S/C7H14O2/c1-3-4-7(9)6(2)5-8/h3-4,6-9H,5H2,1-2H3/b4-3+. The highest BCUT2D eigenvalue weighted by Crippen LogP contribution is 2.01. The molecule has 2 atom stereocenters. The first kappa shape index (κ1) is 8.66. The average Bonchev–Trinajstić information content (AvgIpc) is 1.87. The van der Waals surface area contributed by atoms with Gasteiger partial charge in [0.2, 0.25) is 0 Å². The van der Waals surface area contributed by atoms with Crippen molar-refractivity contribution in [2.45, 2.75) is 20.0 Å².